The number of alkyl halides is 3. The van der Waals surface area contributed by atoms with Crippen LogP contribution in [0, 0.1) is 5.82 Å². The molecule has 152 valence electrons. The highest BCUT2D eigenvalue weighted by atomic mass is 19.4. The zero-order chi connectivity index (χ0) is 20.4. The largest absolute Gasteiger partial charge is 0.416 e. The first kappa shape index (κ1) is 19.6. The van der Waals surface area contributed by atoms with Crippen molar-refractivity contribution in [1.29, 1.82) is 0 Å². The van der Waals surface area contributed by atoms with E-state index in [1.54, 1.807) is 18.2 Å². The van der Waals surface area contributed by atoms with Gasteiger partial charge in [0.25, 0.3) is 0 Å². The van der Waals surface area contributed by atoms with Crippen molar-refractivity contribution in [3.8, 4) is 11.4 Å². The van der Waals surface area contributed by atoms with E-state index in [1.165, 1.54) is 24.3 Å². The number of nitrogens with zero attached hydrogens (tertiary/aromatic N) is 3. The zero-order valence-corrected chi connectivity index (χ0v) is 15.5. The lowest BCUT2D eigenvalue weighted by Gasteiger charge is -2.31. The highest BCUT2D eigenvalue weighted by Crippen LogP contribution is 2.31. The second kappa shape index (κ2) is 7.94. The Bertz CT molecular complexity index is 969. The van der Waals surface area contributed by atoms with E-state index in [1.807, 2.05) is 0 Å². The van der Waals surface area contributed by atoms with Gasteiger partial charge in [0.15, 0.2) is 0 Å². The lowest BCUT2D eigenvalue weighted by molar-refractivity contribution is -0.137. The number of rotatable bonds is 4. The summed E-state index contributed by atoms with van der Waals surface area (Å²) in [6.07, 6.45) is -2.59. The lowest BCUT2D eigenvalue weighted by Crippen LogP contribution is -2.34. The van der Waals surface area contributed by atoms with Crippen molar-refractivity contribution in [1.82, 2.24) is 15.0 Å². The minimum atomic E-state index is -4.35. The summed E-state index contributed by atoms with van der Waals surface area (Å²) in [5.41, 5.74) is 0.653. The van der Waals surface area contributed by atoms with Crippen LogP contribution in [0.2, 0.25) is 0 Å². The van der Waals surface area contributed by atoms with Crippen LogP contribution in [0.1, 0.15) is 35.8 Å². The number of hydrogen-bond acceptors (Lipinski definition) is 4. The number of aromatic nitrogens is 2. The van der Waals surface area contributed by atoms with E-state index >= 15 is 0 Å². The first-order valence-electron chi connectivity index (χ1n) is 9.36. The standard InChI is InChI=1S/C21H19F4N3O/c22-18-8-6-15(7-9-18)19-26-20(29-27-19)16-4-2-10-28(13-16)12-14-3-1-5-17(11-14)21(23,24)25/h1,3,5-9,11,16H,2,4,10,12-13H2. The Morgan fingerprint density at radius 3 is 2.66 bits per heavy atom. The molecule has 0 N–H and O–H groups in total. The Morgan fingerprint density at radius 2 is 1.90 bits per heavy atom. The maximum atomic E-state index is 13.1. The molecular weight excluding hydrogens is 386 g/mol. The molecule has 1 fully saturated rings. The van der Waals surface area contributed by atoms with Gasteiger partial charge in [-0.25, -0.2) is 4.39 Å². The summed E-state index contributed by atoms with van der Waals surface area (Å²) in [5.74, 6) is 0.569. The van der Waals surface area contributed by atoms with Crippen LogP contribution >= 0.6 is 0 Å². The molecule has 4 nitrogen and oxygen atoms in total. The molecule has 8 heteroatoms. The van der Waals surface area contributed by atoms with Crippen LogP contribution in [0.15, 0.2) is 53.1 Å². The molecule has 0 saturated carbocycles. The third kappa shape index (κ3) is 4.64. The number of halogens is 4. The van der Waals surface area contributed by atoms with E-state index in [2.05, 4.69) is 15.0 Å². The maximum absolute atomic E-state index is 13.1. The Kier molecular flexibility index (Phi) is 5.36. The summed E-state index contributed by atoms with van der Waals surface area (Å²) in [7, 11) is 0. The molecule has 1 aromatic heterocycles. The Labute approximate surface area is 165 Å². The van der Waals surface area contributed by atoms with Crippen LogP contribution in [0.5, 0.6) is 0 Å². The van der Waals surface area contributed by atoms with Crippen LogP contribution in [-0.4, -0.2) is 28.1 Å². The summed E-state index contributed by atoms with van der Waals surface area (Å²) in [4.78, 5) is 6.55. The van der Waals surface area contributed by atoms with Gasteiger partial charge >= 0.3 is 6.18 Å². The number of benzene rings is 2. The van der Waals surface area contributed by atoms with Gasteiger partial charge in [0.05, 0.1) is 11.5 Å². The van der Waals surface area contributed by atoms with Crippen molar-refractivity contribution in [2.75, 3.05) is 13.1 Å². The van der Waals surface area contributed by atoms with Gasteiger partial charge in [0.2, 0.25) is 11.7 Å². The molecule has 0 amide bonds. The van der Waals surface area contributed by atoms with Crippen molar-refractivity contribution in [2.24, 2.45) is 0 Å². The average Bonchev–Trinajstić information content (AvgIpc) is 3.19. The third-order valence-corrected chi connectivity index (χ3v) is 5.06. The van der Waals surface area contributed by atoms with Gasteiger partial charge < -0.3 is 4.52 Å². The summed E-state index contributed by atoms with van der Waals surface area (Å²) in [6.45, 7) is 1.85. The molecule has 1 aliphatic rings. The van der Waals surface area contributed by atoms with Crippen molar-refractivity contribution < 1.29 is 22.1 Å². The third-order valence-electron chi connectivity index (χ3n) is 5.06. The topological polar surface area (TPSA) is 42.2 Å². The molecule has 2 heterocycles. The Hall–Kier alpha value is -2.74. The SMILES string of the molecule is Fc1ccc(-c2noc(C3CCCN(Cc4cccc(C(F)(F)F)c4)C3)n2)cc1. The first-order chi connectivity index (χ1) is 13.9. The van der Waals surface area contributed by atoms with Crippen molar-refractivity contribution in [3.63, 3.8) is 0 Å². The fourth-order valence-electron chi connectivity index (χ4n) is 3.62. The van der Waals surface area contributed by atoms with E-state index in [4.69, 9.17) is 4.52 Å². The Balaban J connectivity index is 1.44. The normalized spacial score (nSPS) is 18.1. The highest BCUT2D eigenvalue weighted by molar-refractivity contribution is 5.53. The second-order valence-electron chi connectivity index (χ2n) is 7.24. The fourth-order valence-corrected chi connectivity index (χ4v) is 3.62. The molecule has 0 aliphatic carbocycles. The number of hydrogen-bond donors (Lipinski definition) is 0. The lowest BCUT2D eigenvalue weighted by atomic mass is 9.97. The molecule has 0 bridgehead atoms. The summed E-state index contributed by atoms with van der Waals surface area (Å²) in [6, 6.07) is 11.3. The second-order valence-corrected chi connectivity index (χ2v) is 7.24. The van der Waals surface area contributed by atoms with Gasteiger partial charge in [-0.05, 0) is 55.3 Å². The van der Waals surface area contributed by atoms with Crippen molar-refractivity contribution in [3.05, 3.63) is 71.4 Å². The maximum Gasteiger partial charge on any atom is 0.416 e. The van der Waals surface area contributed by atoms with Gasteiger partial charge in [0, 0.05) is 18.7 Å². The van der Waals surface area contributed by atoms with Gasteiger partial charge in [-0.15, -0.1) is 0 Å². The van der Waals surface area contributed by atoms with Crippen molar-refractivity contribution >= 4 is 0 Å². The molecule has 4 rings (SSSR count). The van der Waals surface area contributed by atoms with E-state index < -0.39 is 11.7 Å². The smallest absolute Gasteiger partial charge is 0.339 e. The predicted molar refractivity (Wildman–Crippen MR) is 98.4 cm³/mol. The Morgan fingerprint density at radius 1 is 1.10 bits per heavy atom. The predicted octanol–water partition coefficient (Wildman–Crippen LogP) is 5.27. The van der Waals surface area contributed by atoms with Crippen LogP contribution in [0.4, 0.5) is 17.6 Å². The van der Waals surface area contributed by atoms with Crippen LogP contribution in [0.25, 0.3) is 11.4 Å². The molecule has 1 atom stereocenters. The minimum absolute atomic E-state index is 0.0104. The molecule has 2 aromatic carbocycles. The molecule has 0 spiro atoms. The fraction of sp³-hybridized carbons (Fsp3) is 0.333. The summed E-state index contributed by atoms with van der Waals surface area (Å²) in [5, 5.41) is 3.99. The molecular formula is C21H19F4N3O. The van der Waals surface area contributed by atoms with Crippen LogP contribution in [0.3, 0.4) is 0 Å². The first-order valence-corrected chi connectivity index (χ1v) is 9.36. The average molecular weight is 405 g/mol. The number of likely N-dealkylation sites (tertiary alicyclic amines) is 1. The summed E-state index contributed by atoms with van der Waals surface area (Å²) < 4.78 is 57.3. The number of piperidine rings is 1. The zero-order valence-electron chi connectivity index (χ0n) is 15.5. The van der Waals surface area contributed by atoms with Gasteiger partial charge in [0.1, 0.15) is 5.82 Å². The quantitative estimate of drug-likeness (QED) is 0.555. The van der Waals surface area contributed by atoms with Crippen LogP contribution < -0.4 is 0 Å². The highest BCUT2D eigenvalue weighted by Gasteiger charge is 2.31. The van der Waals surface area contributed by atoms with E-state index in [0.717, 1.165) is 25.5 Å². The molecule has 29 heavy (non-hydrogen) atoms. The minimum Gasteiger partial charge on any atom is -0.339 e. The van der Waals surface area contributed by atoms with E-state index in [-0.39, 0.29) is 11.7 Å². The van der Waals surface area contributed by atoms with Gasteiger partial charge in [-0.2, -0.15) is 18.2 Å². The van der Waals surface area contributed by atoms with Crippen molar-refractivity contribution in [2.45, 2.75) is 31.5 Å². The van der Waals surface area contributed by atoms with Gasteiger partial charge in [-0.1, -0.05) is 23.4 Å². The molecule has 0 radical (unpaired) electrons. The molecule has 1 unspecified atom stereocenters. The van der Waals surface area contributed by atoms with E-state index in [9.17, 15) is 17.6 Å². The van der Waals surface area contributed by atoms with Gasteiger partial charge in [-0.3, -0.25) is 4.90 Å². The van der Waals surface area contributed by atoms with E-state index in [0.29, 0.717) is 35.9 Å². The molecule has 3 aromatic rings. The molecule has 1 saturated heterocycles. The monoisotopic (exact) mass is 405 g/mol. The summed E-state index contributed by atoms with van der Waals surface area (Å²) >= 11 is 0. The van der Waals surface area contributed by atoms with Crippen LogP contribution in [-0.2, 0) is 12.7 Å². The molecule has 1 aliphatic heterocycles.